The molecule has 1 unspecified atom stereocenters. The van der Waals surface area contributed by atoms with Gasteiger partial charge < -0.3 is 0 Å². The fourth-order valence-corrected chi connectivity index (χ4v) is 7.10. The molecule has 13 heteroatoms. The summed E-state index contributed by atoms with van der Waals surface area (Å²) in [5.41, 5.74) is -0.382. The molecule has 3 heterocycles. The van der Waals surface area contributed by atoms with E-state index >= 15 is 0 Å². The van der Waals surface area contributed by atoms with Crippen LogP contribution >= 0.6 is 0 Å². The number of carbonyl (C=O) groups is 1. The van der Waals surface area contributed by atoms with Crippen LogP contribution in [0.5, 0.6) is 0 Å². The molecule has 0 radical (unpaired) electrons. The van der Waals surface area contributed by atoms with Crippen molar-refractivity contribution in [2.45, 2.75) is 23.9 Å². The van der Waals surface area contributed by atoms with Gasteiger partial charge in [0, 0.05) is 19.3 Å². The van der Waals surface area contributed by atoms with Crippen molar-refractivity contribution in [1.29, 1.82) is 0 Å². The molecule has 42 heavy (non-hydrogen) atoms. The van der Waals surface area contributed by atoms with Crippen LogP contribution in [-0.4, -0.2) is 46.4 Å². The quantitative estimate of drug-likeness (QED) is 0.224. The second-order valence-corrected chi connectivity index (χ2v) is 12.1. The predicted octanol–water partition coefficient (Wildman–Crippen LogP) is 5.47. The fourth-order valence-electron chi connectivity index (χ4n) is 5.59. The zero-order valence-electron chi connectivity index (χ0n) is 21.6. The lowest BCUT2D eigenvalue weighted by Gasteiger charge is -2.44. The van der Waals surface area contributed by atoms with Gasteiger partial charge in [-0.05, 0) is 79.1 Å². The van der Waals surface area contributed by atoms with E-state index in [1.165, 1.54) is 24.4 Å². The van der Waals surface area contributed by atoms with Crippen molar-refractivity contribution in [2.24, 2.45) is 5.41 Å². The first-order valence-electron chi connectivity index (χ1n) is 12.8. The van der Waals surface area contributed by atoms with Crippen LogP contribution in [0.4, 0.5) is 22.0 Å². The van der Waals surface area contributed by atoms with Gasteiger partial charge in [0.1, 0.15) is 17.3 Å². The van der Waals surface area contributed by atoms with Gasteiger partial charge in [-0.25, -0.2) is 21.9 Å². The summed E-state index contributed by atoms with van der Waals surface area (Å²) in [7, 11) is -4.50. The Hall–Kier alpha value is -4.23. The largest absolute Gasteiger partial charge is 0.419 e. The molecule has 0 amide bonds. The standard InChI is InChI=1S/C29H21F5N4O3S/c30-20-4-6-21(7-5-20)38-26-13-19-10-12-37(42(40,41)22-8-9-23(24(31)14-22)29(32,33)34)17-28(19,15-18(26)16-36-38)27(39)25-3-1-2-11-35-25/h1-9,11,13-14,16H,10,12,15,17H2. The lowest BCUT2D eigenvalue weighted by molar-refractivity contribution is -0.140. The number of hydrogen-bond donors (Lipinski definition) is 0. The van der Waals surface area contributed by atoms with E-state index in [-0.39, 0.29) is 31.6 Å². The van der Waals surface area contributed by atoms with Gasteiger partial charge in [0.25, 0.3) is 0 Å². The maximum atomic E-state index is 14.4. The molecule has 6 rings (SSSR count). The summed E-state index contributed by atoms with van der Waals surface area (Å²) in [6, 6.07) is 11.9. The van der Waals surface area contributed by atoms with E-state index in [4.69, 9.17) is 0 Å². The molecule has 7 nitrogen and oxygen atoms in total. The molecule has 0 spiro atoms. The number of aromatic nitrogens is 3. The van der Waals surface area contributed by atoms with Gasteiger partial charge in [-0.1, -0.05) is 11.6 Å². The van der Waals surface area contributed by atoms with Crippen LogP contribution in [0.1, 0.15) is 33.7 Å². The van der Waals surface area contributed by atoms with E-state index in [1.807, 2.05) is 0 Å². The first kappa shape index (κ1) is 27.9. The number of hydrogen-bond acceptors (Lipinski definition) is 5. The number of pyridine rings is 1. The minimum atomic E-state index is -4.99. The highest BCUT2D eigenvalue weighted by molar-refractivity contribution is 7.89. The van der Waals surface area contributed by atoms with E-state index in [2.05, 4.69) is 10.1 Å². The summed E-state index contributed by atoms with van der Waals surface area (Å²) in [6.45, 7) is -0.450. The van der Waals surface area contributed by atoms with Crippen molar-refractivity contribution in [3.8, 4) is 5.69 Å². The SMILES string of the molecule is O=C(c1ccccn1)C12Cc3cnn(-c4ccc(F)cc4)c3C=C1CCN(S(=O)(=O)c1ccc(C(F)(F)F)c(F)c1)C2. The van der Waals surface area contributed by atoms with E-state index in [9.17, 15) is 35.2 Å². The van der Waals surface area contributed by atoms with Crippen LogP contribution in [0.3, 0.4) is 0 Å². The fraction of sp³-hybridized carbons (Fsp3) is 0.207. The molecular formula is C29H21F5N4O3S. The molecule has 216 valence electrons. The number of benzene rings is 2. The van der Waals surface area contributed by atoms with Crippen molar-refractivity contribution in [3.63, 3.8) is 0 Å². The molecule has 1 aliphatic heterocycles. The van der Waals surface area contributed by atoms with Crippen LogP contribution < -0.4 is 0 Å². The molecule has 0 bridgehead atoms. The number of rotatable bonds is 5. The second kappa shape index (κ2) is 9.95. The van der Waals surface area contributed by atoms with Crippen LogP contribution in [0, 0.1) is 17.0 Å². The normalized spacial score (nSPS) is 19.1. The Labute approximate surface area is 237 Å². The molecular weight excluding hydrogens is 579 g/mol. The third-order valence-electron chi connectivity index (χ3n) is 7.67. The molecule has 1 atom stereocenters. The van der Waals surface area contributed by atoms with E-state index in [0.717, 1.165) is 4.31 Å². The minimum absolute atomic E-state index is 0.0537. The van der Waals surface area contributed by atoms with Gasteiger partial charge in [-0.2, -0.15) is 22.6 Å². The highest BCUT2D eigenvalue weighted by Crippen LogP contribution is 2.47. The van der Waals surface area contributed by atoms with Gasteiger partial charge in [0.2, 0.25) is 10.0 Å². The maximum absolute atomic E-state index is 14.4. The monoisotopic (exact) mass is 600 g/mol. The lowest BCUT2D eigenvalue weighted by atomic mass is 9.65. The van der Waals surface area contributed by atoms with E-state index in [0.29, 0.717) is 40.7 Å². The number of piperidine rings is 1. The van der Waals surface area contributed by atoms with Gasteiger partial charge in [0.15, 0.2) is 5.78 Å². The van der Waals surface area contributed by atoms with Gasteiger partial charge >= 0.3 is 6.18 Å². The average Bonchev–Trinajstić information content (AvgIpc) is 3.37. The second-order valence-electron chi connectivity index (χ2n) is 10.1. The lowest BCUT2D eigenvalue weighted by Crippen LogP contribution is -2.53. The Morgan fingerprint density at radius 3 is 2.43 bits per heavy atom. The third-order valence-corrected chi connectivity index (χ3v) is 9.51. The molecule has 2 aliphatic rings. The summed E-state index contributed by atoms with van der Waals surface area (Å²) in [4.78, 5) is 17.7. The summed E-state index contributed by atoms with van der Waals surface area (Å²) >= 11 is 0. The van der Waals surface area contributed by atoms with Crippen molar-refractivity contribution in [2.75, 3.05) is 13.1 Å². The predicted molar refractivity (Wildman–Crippen MR) is 141 cm³/mol. The van der Waals surface area contributed by atoms with Crippen LogP contribution in [0.25, 0.3) is 11.8 Å². The summed E-state index contributed by atoms with van der Waals surface area (Å²) in [6.07, 6.45) is -0.0616. The first-order valence-corrected chi connectivity index (χ1v) is 14.2. The van der Waals surface area contributed by atoms with Crippen LogP contribution in [0.15, 0.2) is 83.5 Å². The highest BCUT2D eigenvalue weighted by Gasteiger charge is 2.51. The number of fused-ring (bicyclic) bond motifs is 2. The summed E-state index contributed by atoms with van der Waals surface area (Å²) < 4.78 is 97.0. The van der Waals surface area contributed by atoms with Crippen LogP contribution in [0.2, 0.25) is 0 Å². The highest BCUT2D eigenvalue weighted by atomic mass is 32.2. The molecule has 0 saturated carbocycles. The van der Waals surface area contributed by atoms with Crippen molar-refractivity contribution in [1.82, 2.24) is 19.1 Å². The molecule has 1 aliphatic carbocycles. The zero-order chi connectivity index (χ0) is 29.9. The van der Waals surface area contributed by atoms with Gasteiger partial charge in [-0.3, -0.25) is 9.78 Å². The summed E-state index contributed by atoms with van der Waals surface area (Å²) in [5.74, 6) is -2.57. The molecule has 1 saturated heterocycles. The van der Waals surface area contributed by atoms with E-state index in [1.54, 1.807) is 41.2 Å². The Morgan fingerprint density at radius 1 is 1.00 bits per heavy atom. The molecule has 2 aromatic heterocycles. The average molecular weight is 601 g/mol. The number of carbonyl (C=O) groups excluding carboxylic acids is 1. The number of nitrogens with zero attached hydrogens (tertiary/aromatic N) is 4. The van der Waals surface area contributed by atoms with E-state index < -0.39 is 49.5 Å². The molecule has 2 aromatic carbocycles. The Morgan fingerprint density at radius 2 is 1.76 bits per heavy atom. The van der Waals surface area contributed by atoms with Crippen molar-refractivity contribution in [3.05, 3.63) is 113 Å². The molecule has 0 N–H and O–H groups in total. The number of Topliss-reactive ketones (excluding diaryl/α,β-unsaturated/α-hetero) is 1. The minimum Gasteiger partial charge on any atom is -0.291 e. The van der Waals surface area contributed by atoms with Crippen molar-refractivity contribution >= 4 is 21.9 Å². The number of halogens is 5. The first-order chi connectivity index (χ1) is 19.9. The molecule has 1 fully saturated rings. The smallest absolute Gasteiger partial charge is 0.291 e. The Kier molecular flexibility index (Phi) is 6.61. The van der Waals surface area contributed by atoms with Gasteiger partial charge in [-0.15, -0.1) is 0 Å². The topological polar surface area (TPSA) is 85.2 Å². The Bertz CT molecular complexity index is 1840. The van der Waals surface area contributed by atoms with Gasteiger partial charge in [0.05, 0.1) is 33.5 Å². The Balaban J connectivity index is 1.42. The number of ketones is 1. The van der Waals surface area contributed by atoms with Crippen molar-refractivity contribution < 1.29 is 35.2 Å². The zero-order valence-corrected chi connectivity index (χ0v) is 22.5. The third kappa shape index (κ3) is 4.62. The maximum Gasteiger partial charge on any atom is 0.419 e. The molecule has 4 aromatic rings. The number of alkyl halides is 3. The summed E-state index contributed by atoms with van der Waals surface area (Å²) in [5, 5.41) is 4.43. The van der Waals surface area contributed by atoms with Crippen LogP contribution in [-0.2, 0) is 22.6 Å². The number of sulfonamides is 1.